The predicted molar refractivity (Wildman–Crippen MR) is 77.9 cm³/mol. The number of aliphatic hydroxyl groups is 1. The molecule has 4 nitrogen and oxygen atoms in total. The molecule has 0 radical (unpaired) electrons. The van der Waals surface area contributed by atoms with E-state index in [-0.39, 0.29) is 12.0 Å². The van der Waals surface area contributed by atoms with Gasteiger partial charge in [0.25, 0.3) is 0 Å². The zero-order valence-electron chi connectivity index (χ0n) is 12.9. The Kier molecular flexibility index (Phi) is 6.80. The number of rotatable bonds is 6. The lowest BCUT2D eigenvalue weighted by Gasteiger charge is -2.35. The van der Waals surface area contributed by atoms with Crippen LogP contribution in [0.4, 0.5) is 0 Å². The van der Waals surface area contributed by atoms with Crippen LogP contribution in [-0.4, -0.2) is 48.2 Å². The molecule has 1 rings (SSSR count). The predicted octanol–water partition coefficient (Wildman–Crippen LogP) is 1.63. The Morgan fingerprint density at radius 1 is 1.42 bits per heavy atom. The number of hydrogen-bond acceptors (Lipinski definition) is 3. The first-order chi connectivity index (χ1) is 8.90. The average molecular weight is 270 g/mol. The van der Waals surface area contributed by atoms with E-state index in [0.29, 0.717) is 30.8 Å². The third-order valence-corrected chi connectivity index (χ3v) is 4.40. The smallest absolute Gasteiger partial charge is 0.234 e. The lowest BCUT2D eigenvalue weighted by atomic mass is 9.78. The minimum Gasteiger partial charge on any atom is -0.393 e. The van der Waals surface area contributed by atoms with Gasteiger partial charge in [-0.05, 0) is 38.6 Å². The summed E-state index contributed by atoms with van der Waals surface area (Å²) in [6, 6.07) is 0.335. The van der Waals surface area contributed by atoms with E-state index in [9.17, 15) is 9.90 Å². The van der Waals surface area contributed by atoms with Crippen molar-refractivity contribution in [2.45, 2.75) is 58.6 Å². The topological polar surface area (TPSA) is 52.6 Å². The zero-order chi connectivity index (χ0) is 14.4. The Morgan fingerprint density at radius 3 is 2.74 bits per heavy atom. The van der Waals surface area contributed by atoms with Gasteiger partial charge in [-0.2, -0.15) is 0 Å². The summed E-state index contributed by atoms with van der Waals surface area (Å²) in [6.45, 7) is 7.47. The van der Waals surface area contributed by atoms with Crippen molar-refractivity contribution in [1.82, 2.24) is 10.2 Å². The van der Waals surface area contributed by atoms with Crippen molar-refractivity contribution in [2.24, 2.45) is 11.8 Å². The fourth-order valence-electron chi connectivity index (χ4n) is 2.77. The molecule has 0 aliphatic heterocycles. The van der Waals surface area contributed by atoms with Gasteiger partial charge < -0.3 is 10.4 Å². The molecule has 4 heteroatoms. The summed E-state index contributed by atoms with van der Waals surface area (Å²) in [7, 11) is 1.93. The van der Waals surface area contributed by atoms with E-state index in [2.05, 4.69) is 19.2 Å². The summed E-state index contributed by atoms with van der Waals surface area (Å²) in [5.74, 6) is 1.38. The van der Waals surface area contributed by atoms with Crippen LogP contribution in [0, 0.1) is 11.8 Å². The standard InChI is InChI=1S/C15H30N2O2/c1-11-6-5-7-14(13(11)3)16-15(19)10-17(4)9-8-12(2)18/h11-14,18H,5-10H2,1-4H3,(H,16,19). The van der Waals surface area contributed by atoms with Gasteiger partial charge in [0, 0.05) is 12.6 Å². The largest absolute Gasteiger partial charge is 0.393 e. The van der Waals surface area contributed by atoms with Gasteiger partial charge in [0.2, 0.25) is 5.91 Å². The molecule has 0 heterocycles. The molecular formula is C15H30N2O2. The first-order valence-electron chi connectivity index (χ1n) is 7.56. The Bertz CT molecular complexity index is 281. The highest BCUT2D eigenvalue weighted by molar-refractivity contribution is 5.78. The number of carbonyl (C=O) groups excluding carboxylic acids is 1. The summed E-state index contributed by atoms with van der Waals surface area (Å²) in [4.78, 5) is 14.0. The van der Waals surface area contributed by atoms with Gasteiger partial charge in [-0.25, -0.2) is 0 Å². The molecule has 1 saturated carbocycles. The quantitative estimate of drug-likeness (QED) is 0.771. The average Bonchev–Trinajstić information content (AvgIpc) is 2.32. The molecule has 4 atom stereocenters. The van der Waals surface area contributed by atoms with Crippen molar-refractivity contribution in [3.05, 3.63) is 0 Å². The molecule has 0 aromatic carbocycles. The van der Waals surface area contributed by atoms with Crippen LogP contribution in [-0.2, 0) is 4.79 Å². The molecule has 112 valence electrons. The van der Waals surface area contributed by atoms with Crippen molar-refractivity contribution in [3.8, 4) is 0 Å². The lowest BCUT2D eigenvalue weighted by molar-refractivity contribution is -0.123. The van der Waals surface area contributed by atoms with Crippen molar-refractivity contribution in [1.29, 1.82) is 0 Å². The van der Waals surface area contributed by atoms with Crippen molar-refractivity contribution in [3.63, 3.8) is 0 Å². The molecule has 19 heavy (non-hydrogen) atoms. The van der Waals surface area contributed by atoms with Gasteiger partial charge in [0.05, 0.1) is 12.6 Å². The highest BCUT2D eigenvalue weighted by Gasteiger charge is 2.28. The highest BCUT2D eigenvalue weighted by Crippen LogP contribution is 2.29. The minimum atomic E-state index is -0.301. The summed E-state index contributed by atoms with van der Waals surface area (Å²) in [6.07, 6.45) is 4.01. The second-order valence-corrected chi connectivity index (χ2v) is 6.32. The molecule has 4 unspecified atom stereocenters. The van der Waals surface area contributed by atoms with Crippen LogP contribution in [0.1, 0.15) is 46.5 Å². The van der Waals surface area contributed by atoms with Gasteiger partial charge >= 0.3 is 0 Å². The number of amides is 1. The van der Waals surface area contributed by atoms with E-state index >= 15 is 0 Å². The second-order valence-electron chi connectivity index (χ2n) is 6.32. The highest BCUT2D eigenvalue weighted by atomic mass is 16.3. The van der Waals surface area contributed by atoms with Gasteiger partial charge in [-0.1, -0.05) is 26.7 Å². The molecule has 1 aliphatic rings. The fraction of sp³-hybridized carbons (Fsp3) is 0.933. The summed E-state index contributed by atoms with van der Waals surface area (Å²) in [5, 5.41) is 12.4. The van der Waals surface area contributed by atoms with Crippen LogP contribution >= 0.6 is 0 Å². The van der Waals surface area contributed by atoms with Crippen molar-refractivity contribution >= 4 is 5.91 Å². The zero-order valence-corrected chi connectivity index (χ0v) is 12.9. The maximum Gasteiger partial charge on any atom is 0.234 e. The van der Waals surface area contributed by atoms with Crippen molar-refractivity contribution < 1.29 is 9.90 Å². The van der Waals surface area contributed by atoms with E-state index in [0.717, 1.165) is 13.0 Å². The van der Waals surface area contributed by atoms with Crippen LogP contribution in [0.3, 0.4) is 0 Å². The van der Waals surface area contributed by atoms with Crippen LogP contribution in [0.25, 0.3) is 0 Å². The Labute approximate surface area is 117 Å². The maximum absolute atomic E-state index is 12.0. The van der Waals surface area contributed by atoms with Crippen LogP contribution in [0.15, 0.2) is 0 Å². The van der Waals surface area contributed by atoms with E-state index in [1.807, 2.05) is 11.9 Å². The molecule has 0 aromatic rings. The summed E-state index contributed by atoms with van der Waals surface area (Å²) < 4.78 is 0. The number of carbonyl (C=O) groups is 1. The first kappa shape index (κ1) is 16.4. The number of likely N-dealkylation sites (N-methyl/N-ethyl adjacent to an activating group) is 1. The molecule has 0 spiro atoms. The number of aliphatic hydroxyl groups excluding tert-OH is 1. The Morgan fingerprint density at radius 2 is 2.11 bits per heavy atom. The first-order valence-corrected chi connectivity index (χ1v) is 7.56. The van der Waals surface area contributed by atoms with E-state index in [1.54, 1.807) is 6.92 Å². The Balaban J connectivity index is 2.30. The van der Waals surface area contributed by atoms with Gasteiger partial charge in [-0.3, -0.25) is 9.69 Å². The molecule has 1 amide bonds. The van der Waals surface area contributed by atoms with E-state index in [4.69, 9.17) is 0 Å². The van der Waals surface area contributed by atoms with Gasteiger partial charge in [0.1, 0.15) is 0 Å². The third kappa shape index (κ3) is 5.91. The van der Waals surface area contributed by atoms with E-state index in [1.165, 1.54) is 12.8 Å². The second kappa shape index (κ2) is 7.85. The normalized spacial score (nSPS) is 29.3. The summed E-state index contributed by atoms with van der Waals surface area (Å²) >= 11 is 0. The molecule has 0 aromatic heterocycles. The van der Waals surface area contributed by atoms with Crippen molar-refractivity contribution in [2.75, 3.05) is 20.1 Å². The van der Waals surface area contributed by atoms with Crippen LogP contribution < -0.4 is 5.32 Å². The Hall–Kier alpha value is -0.610. The van der Waals surface area contributed by atoms with Gasteiger partial charge in [0.15, 0.2) is 0 Å². The molecular weight excluding hydrogens is 240 g/mol. The van der Waals surface area contributed by atoms with Gasteiger partial charge in [-0.15, -0.1) is 0 Å². The third-order valence-electron chi connectivity index (χ3n) is 4.40. The number of nitrogens with zero attached hydrogens (tertiary/aromatic N) is 1. The minimum absolute atomic E-state index is 0.110. The lowest BCUT2D eigenvalue weighted by Crippen LogP contribution is -2.47. The molecule has 1 fully saturated rings. The van der Waals surface area contributed by atoms with Crippen LogP contribution in [0.2, 0.25) is 0 Å². The summed E-state index contributed by atoms with van der Waals surface area (Å²) in [5.41, 5.74) is 0. The number of nitrogens with one attached hydrogen (secondary N) is 1. The molecule has 1 aliphatic carbocycles. The molecule has 0 bridgehead atoms. The van der Waals surface area contributed by atoms with E-state index < -0.39 is 0 Å². The maximum atomic E-state index is 12.0. The molecule has 0 saturated heterocycles. The molecule has 2 N–H and O–H groups in total. The van der Waals surface area contributed by atoms with Crippen LogP contribution in [0.5, 0.6) is 0 Å². The SMILES string of the molecule is CC(O)CCN(C)CC(=O)NC1CCCC(C)C1C. The fourth-order valence-corrected chi connectivity index (χ4v) is 2.77. The number of hydrogen-bond donors (Lipinski definition) is 2. The monoisotopic (exact) mass is 270 g/mol.